The van der Waals surface area contributed by atoms with Crippen LogP contribution in [0.1, 0.15) is 18.6 Å². The summed E-state index contributed by atoms with van der Waals surface area (Å²) in [6, 6.07) is 5.65. The van der Waals surface area contributed by atoms with Crippen LogP contribution in [0.5, 0.6) is 0 Å². The van der Waals surface area contributed by atoms with Gasteiger partial charge in [0.15, 0.2) is 0 Å². The molecule has 0 spiro atoms. The van der Waals surface area contributed by atoms with Crippen LogP contribution in [-0.2, 0) is 0 Å². The number of aliphatic hydroxyl groups excluding tert-OH is 1. The monoisotopic (exact) mass is 302 g/mol. The molecule has 0 radical (unpaired) electrons. The molecule has 5 heteroatoms. The minimum atomic E-state index is -0.600. The van der Waals surface area contributed by atoms with Crippen LogP contribution < -0.4 is 0 Å². The highest BCUT2D eigenvalue weighted by Gasteiger charge is 2.24. The molecule has 2 rings (SSSR count). The van der Waals surface area contributed by atoms with Gasteiger partial charge in [0.05, 0.1) is 6.10 Å². The Kier molecular flexibility index (Phi) is 5.09. The second-order valence-electron chi connectivity index (χ2n) is 5.29. The fourth-order valence-electron chi connectivity index (χ4n) is 2.54. The molecule has 1 saturated heterocycles. The van der Waals surface area contributed by atoms with Crippen molar-refractivity contribution in [3.8, 4) is 0 Å². The largest absolute Gasteiger partial charge is 0.387 e. The van der Waals surface area contributed by atoms with Crippen molar-refractivity contribution in [2.75, 3.05) is 33.2 Å². The van der Waals surface area contributed by atoms with Gasteiger partial charge in [-0.05, 0) is 32.2 Å². The first-order valence-electron chi connectivity index (χ1n) is 6.53. The highest BCUT2D eigenvalue weighted by Crippen LogP contribution is 2.27. The Morgan fingerprint density at radius 3 is 2.79 bits per heavy atom. The van der Waals surface area contributed by atoms with Gasteiger partial charge >= 0.3 is 0 Å². The molecule has 1 aromatic rings. The number of hydrogen-bond acceptors (Lipinski definition) is 3. The van der Waals surface area contributed by atoms with Crippen molar-refractivity contribution in [2.45, 2.75) is 19.1 Å². The van der Waals surface area contributed by atoms with Crippen molar-refractivity contribution in [1.29, 1.82) is 0 Å². The molecule has 0 unspecified atom stereocenters. The lowest BCUT2D eigenvalue weighted by molar-refractivity contribution is 0.0474. The molecule has 1 aliphatic rings. The first-order valence-corrected chi connectivity index (χ1v) is 7.28. The predicted octanol–water partition coefficient (Wildman–Crippen LogP) is 2.66. The van der Waals surface area contributed by atoms with E-state index in [-0.39, 0.29) is 0 Å². The summed E-state index contributed by atoms with van der Waals surface area (Å²) in [5.74, 6) is 0. The molecule has 1 fully saturated rings. The minimum absolute atomic E-state index is 0.436. The van der Waals surface area contributed by atoms with Gasteiger partial charge in [-0.25, -0.2) is 0 Å². The van der Waals surface area contributed by atoms with E-state index in [1.807, 2.05) is 0 Å². The highest BCUT2D eigenvalue weighted by molar-refractivity contribution is 6.33. The van der Waals surface area contributed by atoms with Crippen molar-refractivity contribution in [2.24, 2.45) is 0 Å². The molecule has 0 aromatic heterocycles. The lowest BCUT2D eigenvalue weighted by Gasteiger charge is -2.39. The van der Waals surface area contributed by atoms with E-state index in [2.05, 4.69) is 23.8 Å². The second-order valence-corrected chi connectivity index (χ2v) is 6.13. The molecule has 3 nitrogen and oxygen atoms in total. The highest BCUT2D eigenvalue weighted by atomic mass is 35.5. The van der Waals surface area contributed by atoms with Crippen molar-refractivity contribution in [1.82, 2.24) is 9.80 Å². The summed E-state index contributed by atoms with van der Waals surface area (Å²) in [5.41, 5.74) is 0.709. The number of likely N-dealkylation sites (N-methyl/N-ethyl adjacent to an activating group) is 1. The summed E-state index contributed by atoms with van der Waals surface area (Å²) in [4.78, 5) is 4.60. The van der Waals surface area contributed by atoms with Gasteiger partial charge in [0, 0.05) is 47.8 Å². The number of piperazine rings is 1. The second kappa shape index (κ2) is 6.42. The quantitative estimate of drug-likeness (QED) is 0.930. The number of halogens is 2. The zero-order valence-corrected chi connectivity index (χ0v) is 12.8. The van der Waals surface area contributed by atoms with Crippen molar-refractivity contribution in [3.63, 3.8) is 0 Å². The molecule has 2 atom stereocenters. The Hall–Kier alpha value is -0.320. The van der Waals surface area contributed by atoms with Gasteiger partial charge in [-0.2, -0.15) is 0 Å². The van der Waals surface area contributed by atoms with E-state index in [1.54, 1.807) is 18.2 Å². The maximum Gasteiger partial charge on any atom is 0.0931 e. The normalized spacial score (nSPS) is 23.5. The average Bonchev–Trinajstić information content (AvgIpc) is 2.35. The molecule has 19 heavy (non-hydrogen) atoms. The van der Waals surface area contributed by atoms with Crippen LogP contribution in [0.2, 0.25) is 10.0 Å². The minimum Gasteiger partial charge on any atom is -0.387 e. The molecular weight excluding hydrogens is 283 g/mol. The molecule has 106 valence electrons. The maximum atomic E-state index is 10.4. The zero-order valence-electron chi connectivity index (χ0n) is 11.3. The van der Waals surface area contributed by atoms with Crippen LogP contribution >= 0.6 is 23.2 Å². The summed E-state index contributed by atoms with van der Waals surface area (Å²) in [7, 11) is 2.12. The number of hydrogen-bond donors (Lipinski definition) is 1. The lowest BCUT2D eigenvalue weighted by Crippen LogP contribution is -2.51. The van der Waals surface area contributed by atoms with Crippen LogP contribution in [0, 0.1) is 0 Å². The lowest BCUT2D eigenvalue weighted by atomic mass is 10.1. The van der Waals surface area contributed by atoms with Crippen molar-refractivity contribution >= 4 is 23.2 Å². The Bertz CT molecular complexity index is 441. The van der Waals surface area contributed by atoms with E-state index in [4.69, 9.17) is 23.2 Å². The Morgan fingerprint density at radius 1 is 1.37 bits per heavy atom. The van der Waals surface area contributed by atoms with E-state index in [1.165, 1.54) is 0 Å². The van der Waals surface area contributed by atoms with Gasteiger partial charge in [0.2, 0.25) is 0 Å². The Balaban J connectivity index is 2.04. The summed E-state index contributed by atoms with van der Waals surface area (Å²) >= 11 is 12.1. The standard InChI is InChI=1S/C14H20Cl2N2O/c1-10-8-17(2)5-6-18(10)9-14(19)12-7-11(15)3-4-13(12)16/h3-4,7,10,14,19H,5-6,8-9H2,1-2H3/t10-,14+/m0/s1. The molecule has 0 aliphatic carbocycles. The molecule has 1 aliphatic heterocycles. The maximum absolute atomic E-state index is 10.4. The summed E-state index contributed by atoms with van der Waals surface area (Å²) < 4.78 is 0. The van der Waals surface area contributed by atoms with E-state index >= 15 is 0 Å². The van der Waals surface area contributed by atoms with E-state index < -0.39 is 6.10 Å². The van der Waals surface area contributed by atoms with Crippen LogP contribution in [0.4, 0.5) is 0 Å². The summed E-state index contributed by atoms with van der Waals surface area (Å²) in [6.07, 6.45) is -0.600. The molecule has 0 saturated carbocycles. The third-order valence-corrected chi connectivity index (χ3v) is 4.27. The first kappa shape index (κ1) is 15.1. The van der Waals surface area contributed by atoms with Crippen LogP contribution in [0.25, 0.3) is 0 Å². The number of nitrogens with zero attached hydrogens (tertiary/aromatic N) is 2. The first-order chi connectivity index (χ1) is 8.97. The summed E-state index contributed by atoms with van der Waals surface area (Å²) in [6.45, 7) is 5.79. The predicted molar refractivity (Wildman–Crippen MR) is 80.0 cm³/mol. The fraction of sp³-hybridized carbons (Fsp3) is 0.571. The van der Waals surface area contributed by atoms with Crippen LogP contribution in [-0.4, -0.2) is 54.2 Å². The Morgan fingerprint density at radius 2 is 2.11 bits per heavy atom. The smallest absolute Gasteiger partial charge is 0.0931 e. The zero-order chi connectivity index (χ0) is 14.0. The topological polar surface area (TPSA) is 26.7 Å². The third-order valence-electron chi connectivity index (χ3n) is 3.69. The molecule has 0 bridgehead atoms. The van der Waals surface area contributed by atoms with Gasteiger partial charge < -0.3 is 10.0 Å². The SMILES string of the molecule is C[C@H]1CN(C)CCN1C[C@@H](O)c1cc(Cl)ccc1Cl. The van der Waals surface area contributed by atoms with Gasteiger partial charge in [-0.15, -0.1) is 0 Å². The van der Waals surface area contributed by atoms with E-state index in [0.29, 0.717) is 28.2 Å². The molecule has 0 amide bonds. The summed E-state index contributed by atoms with van der Waals surface area (Å²) in [5, 5.41) is 11.5. The van der Waals surface area contributed by atoms with E-state index in [9.17, 15) is 5.11 Å². The van der Waals surface area contributed by atoms with Gasteiger partial charge in [0.25, 0.3) is 0 Å². The molecule has 1 N–H and O–H groups in total. The third kappa shape index (κ3) is 3.83. The number of rotatable bonds is 3. The van der Waals surface area contributed by atoms with Crippen LogP contribution in [0.15, 0.2) is 18.2 Å². The fourth-order valence-corrected chi connectivity index (χ4v) is 2.96. The van der Waals surface area contributed by atoms with Crippen molar-refractivity contribution < 1.29 is 5.11 Å². The van der Waals surface area contributed by atoms with Gasteiger partial charge in [-0.3, -0.25) is 4.90 Å². The number of β-amino-alcohol motifs (C(OH)–C–C–N with tert-alkyl or cyclic N) is 1. The molecule has 1 heterocycles. The Labute approximate surface area is 124 Å². The molecule has 1 aromatic carbocycles. The number of benzene rings is 1. The van der Waals surface area contributed by atoms with E-state index in [0.717, 1.165) is 19.6 Å². The average molecular weight is 303 g/mol. The van der Waals surface area contributed by atoms with Gasteiger partial charge in [-0.1, -0.05) is 23.2 Å². The number of aliphatic hydroxyl groups is 1. The molecular formula is C14H20Cl2N2O. The van der Waals surface area contributed by atoms with Gasteiger partial charge in [0.1, 0.15) is 0 Å². The van der Waals surface area contributed by atoms with Crippen molar-refractivity contribution in [3.05, 3.63) is 33.8 Å². The van der Waals surface area contributed by atoms with Crippen LogP contribution in [0.3, 0.4) is 0 Å².